The number of furan rings is 1. The zero-order valence-corrected chi connectivity index (χ0v) is 13.3. The maximum atomic E-state index is 12.5. The van der Waals surface area contributed by atoms with Gasteiger partial charge in [0.25, 0.3) is 5.91 Å². The highest BCUT2D eigenvalue weighted by Crippen LogP contribution is 2.25. The van der Waals surface area contributed by atoms with E-state index in [9.17, 15) is 4.79 Å². The van der Waals surface area contributed by atoms with Crippen LogP contribution < -0.4 is 5.32 Å². The molecular weight excluding hydrogens is 274 g/mol. The summed E-state index contributed by atoms with van der Waals surface area (Å²) >= 11 is 0. The summed E-state index contributed by atoms with van der Waals surface area (Å²) in [5, 5.41) is 3.90. The minimum absolute atomic E-state index is 0.219. The van der Waals surface area contributed by atoms with Gasteiger partial charge in [-0.2, -0.15) is 0 Å². The Kier molecular flexibility index (Phi) is 3.49. The van der Waals surface area contributed by atoms with Crippen molar-refractivity contribution in [3.8, 4) is 0 Å². The minimum Gasteiger partial charge on any atom is -0.451 e. The molecule has 0 unspecified atom stereocenters. The first-order chi connectivity index (χ1) is 10.4. The Morgan fingerprint density at radius 2 is 1.59 bits per heavy atom. The van der Waals surface area contributed by atoms with E-state index < -0.39 is 0 Å². The minimum atomic E-state index is -0.219. The van der Waals surface area contributed by atoms with Gasteiger partial charge in [-0.05, 0) is 56.5 Å². The van der Waals surface area contributed by atoms with Gasteiger partial charge in [-0.25, -0.2) is 0 Å². The predicted octanol–water partition coefficient (Wildman–Crippen LogP) is 4.92. The van der Waals surface area contributed by atoms with Crippen LogP contribution >= 0.6 is 0 Å². The summed E-state index contributed by atoms with van der Waals surface area (Å²) < 4.78 is 5.67. The van der Waals surface area contributed by atoms with Gasteiger partial charge in [0.1, 0.15) is 5.58 Å². The summed E-state index contributed by atoms with van der Waals surface area (Å²) in [5.41, 5.74) is 6.00. The van der Waals surface area contributed by atoms with Crippen molar-refractivity contribution >= 4 is 22.6 Å². The van der Waals surface area contributed by atoms with Gasteiger partial charge in [-0.3, -0.25) is 4.79 Å². The Hall–Kier alpha value is -2.55. The molecule has 112 valence electrons. The Morgan fingerprint density at radius 1 is 0.909 bits per heavy atom. The first-order valence-electron chi connectivity index (χ1n) is 7.33. The second kappa shape index (κ2) is 5.34. The molecule has 0 aliphatic heterocycles. The van der Waals surface area contributed by atoms with Crippen LogP contribution in [0.25, 0.3) is 11.0 Å². The van der Waals surface area contributed by atoms with Crippen LogP contribution in [-0.4, -0.2) is 5.91 Å². The van der Waals surface area contributed by atoms with E-state index in [1.165, 1.54) is 5.56 Å². The van der Waals surface area contributed by atoms with Crippen molar-refractivity contribution in [3.63, 3.8) is 0 Å². The van der Waals surface area contributed by atoms with Gasteiger partial charge in [0.15, 0.2) is 5.76 Å². The molecule has 1 N–H and O–H groups in total. The molecular formula is C19H19NO2. The van der Waals surface area contributed by atoms with Crippen LogP contribution in [0, 0.1) is 27.7 Å². The molecule has 3 heteroatoms. The lowest BCUT2D eigenvalue weighted by atomic mass is 10.1. The van der Waals surface area contributed by atoms with E-state index >= 15 is 0 Å². The number of hydrogen-bond acceptors (Lipinski definition) is 2. The third-order valence-corrected chi connectivity index (χ3v) is 3.81. The van der Waals surface area contributed by atoms with Crippen LogP contribution in [-0.2, 0) is 0 Å². The molecule has 0 bridgehead atoms. The van der Waals surface area contributed by atoms with Crippen molar-refractivity contribution in [1.29, 1.82) is 0 Å². The lowest BCUT2D eigenvalue weighted by Gasteiger charge is -2.11. The first kappa shape index (κ1) is 14.4. The number of fused-ring (bicyclic) bond motifs is 1. The van der Waals surface area contributed by atoms with E-state index in [4.69, 9.17) is 4.42 Å². The van der Waals surface area contributed by atoms with Gasteiger partial charge < -0.3 is 9.73 Å². The molecule has 2 aromatic carbocycles. The summed E-state index contributed by atoms with van der Waals surface area (Å²) in [7, 11) is 0. The normalized spacial score (nSPS) is 10.9. The summed E-state index contributed by atoms with van der Waals surface area (Å²) in [6, 6.07) is 11.8. The largest absolute Gasteiger partial charge is 0.451 e. The fourth-order valence-electron chi connectivity index (χ4n) is 2.80. The van der Waals surface area contributed by atoms with Crippen LogP contribution in [0.15, 0.2) is 40.8 Å². The van der Waals surface area contributed by atoms with Crippen LogP contribution in [0.2, 0.25) is 0 Å². The maximum absolute atomic E-state index is 12.5. The summed E-state index contributed by atoms with van der Waals surface area (Å²) in [6.45, 7) is 8.04. The highest BCUT2D eigenvalue weighted by atomic mass is 16.3. The third kappa shape index (κ3) is 2.62. The molecule has 0 saturated heterocycles. The quantitative estimate of drug-likeness (QED) is 0.728. The SMILES string of the molecule is Cc1cc(C)c(NC(=O)c2cc3ccc(C)cc3o2)c(C)c1. The number of carbonyl (C=O) groups is 1. The van der Waals surface area contributed by atoms with Crippen molar-refractivity contribution in [1.82, 2.24) is 0 Å². The second-order valence-corrected chi connectivity index (χ2v) is 5.88. The van der Waals surface area contributed by atoms with Gasteiger partial charge in [0, 0.05) is 11.1 Å². The van der Waals surface area contributed by atoms with E-state index in [1.54, 1.807) is 6.07 Å². The third-order valence-electron chi connectivity index (χ3n) is 3.81. The number of anilines is 1. The van der Waals surface area contributed by atoms with Crippen molar-refractivity contribution in [2.45, 2.75) is 27.7 Å². The summed E-state index contributed by atoms with van der Waals surface area (Å²) in [4.78, 5) is 12.5. The zero-order chi connectivity index (χ0) is 15.9. The number of benzene rings is 2. The molecule has 0 radical (unpaired) electrons. The highest BCUT2D eigenvalue weighted by molar-refractivity contribution is 6.05. The first-order valence-corrected chi connectivity index (χ1v) is 7.33. The molecule has 0 atom stereocenters. The molecule has 0 aliphatic rings. The lowest BCUT2D eigenvalue weighted by molar-refractivity contribution is 0.0998. The Labute approximate surface area is 130 Å². The average Bonchev–Trinajstić information content (AvgIpc) is 2.85. The van der Waals surface area contributed by atoms with Gasteiger partial charge >= 0.3 is 0 Å². The smallest absolute Gasteiger partial charge is 0.291 e. The molecule has 1 heterocycles. The number of amides is 1. The fourth-order valence-corrected chi connectivity index (χ4v) is 2.80. The standard InChI is InChI=1S/C19H19NO2/c1-11-5-6-15-10-17(22-16(15)9-11)19(21)20-18-13(3)7-12(2)8-14(18)4/h5-10H,1-4H3,(H,20,21). The van der Waals surface area contributed by atoms with E-state index in [0.717, 1.165) is 33.3 Å². The topological polar surface area (TPSA) is 42.2 Å². The van der Waals surface area contributed by atoms with Crippen LogP contribution in [0.1, 0.15) is 32.8 Å². The van der Waals surface area contributed by atoms with Crippen LogP contribution in [0.4, 0.5) is 5.69 Å². The van der Waals surface area contributed by atoms with Gasteiger partial charge in [0.2, 0.25) is 0 Å². The van der Waals surface area contributed by atoms with E-state index in [0.29, 0.717) is 5.76 Å². The highest BCUT2D eigenvalue weighted by Gasteiger charge is 2.15. The number of nitrogens with one attached hydrogen (secondary N) is 1. The molecule has 3 rings (SSSR count). The summed E-state index contributed by atoms with van der Waals surface area (Å²) in [5.74, 6) is 0.115. The molecule has 0 saturated carbocycles. The van der Waals surface area contributed by atoms with Crippen molar-refractivity contribution in [3.05, 3.63) is 64.4 Å². The number of hydrogen-bond donors (Lipinski definition) is 1. The van der Waals surface area contributed by atoms with E-state index in [2.05, 4.69) is 17.4 Å². The average molecular weight is 293 g/mol. The van der Waals surface area contributed by atoms with Gasteiger partial charge in [-0.15, -0.1) is 0 Å². The molecule has 0 aliphatic carbocycles. The van der Waals surface area contributed by atoms with E-state index in [-0.39, 0.29) is 5.91 Å². The Balaban J connectivity index is 1.93. The lowest BCUT2D eigenvalue weighted by Crippen LogP contribution is -2.13. The predicted molar refractivity (Wildman–Crippen MR) is 89.6 cm³/mol. The maximum Gasteiger partial charge on any atom is 0.291 e. The van der Waals surface area contributed by atoms with E-state index in [1.807, 2.05) is 45.9 Å². The molecule has 0 fully saturated rings. The van der Waals surface area contributed by atoms with Crippen molar-refractivity contribution in [2.75, 3.05) is 5.32 Å². The molecule has 1 amide bonds. The van der Waals surface area contributed by atoms with Crippen molar-refractivity contribution < 1.29 is 9.21 Å². The van der Waals surface area contributed by atoms with Crippen LogP contribution in [0.5, 0.6) is 0 Å². The molecule has 22 heavy (non-hydrogen) atoms. The molecule has 0 spiro atoms. The number of rotatable bonds is 2. The van der Waals surface area contributed by atoms with Gasteiger partial charge in [0.05, 0.1) is 0 Å². The van der Waals surface area contributed by atoms with Crippen LogP contribution in [0.3, 0.4) is 0 Å². The number of aryl methyl sites for hydroxylation is 4. The molecule has 1 aromatic heterocycles. The van der Waals surface area contributed by atoms with Gasteiger partial charge in [-0.1, -0.05) is 29.8 Å². The molecule has 3 aromatic rings. The second-order valence-electron chi connectivity index (χ2n) is 5.88. The fraction of sp³-hybridized carbons (Fsp3) is 0.211. The summed E-state index contributed by atoms with van der Waals surface area (Å²) in [6.07, 6.45) is 0. The van der Waals surface area contributed by atoms with Crippen molar-refractivity contribution in [2.24, 2.45) is 0 Å². The Bertz CT molecular complexity index is 851. The zero-order valence-electron chi connectivity index (χ0n) is 13.3. The monoisotopic (exact) mass is 293 g/mol. The molecule has 3 nitrogen and oxygen atoms in total. The Morgan fingerprint density at radius 3 is 2.27 bits per heavy atom. The number of carbonyl (C=O) groups excluding carboxylic acids is 1.